The average molecular weight is 1030 g/mol. The van der Waals surface area contributed by atoms with Gasteiger partial charge in [-0.2, -0.15) is 0 Å². The molecule has 1 rings (SSSR count). The highest BCUT2D eigenvalue weighted by atomic mass is 16.6. The molecule has 0 spiro atoms. The quantitative estimate of drug-likeness (QED) is 0.0358. The average Bonchev–Trinajstić information content (AvgIpc) is 3.46. The predicted octanol–water partition coefficient (Wildman–Crippen LogP) is 21.1. The molecule has 0 radical (unpaired) electrons. The van der Waals surface area contributed by atoms with E-state index in [1.165, 1.54) is 334 Å². The maximum absolute atomic E-state index is 12.6. The maximum Gasteiger partial charge on any atom is 0.309 e. The zero-order chi connectivity index (χ0) is 52.5. The minimum Gasteiger partial charge on any atom is -0.465 e. The highest BCUT2D eigenvalue weighted by molar-refractivity contribution is 5.80. The molecule has 1 aliphatic heterocycles. The number of carbonyl (C=O) groups is 2. The van der Waals surface area contributed by atoms with Crippen LogP contribution in [0.1, 0.15) is 366 Å². The summed E-state index contributed by atoms with van der Waals surface area (Å²) >= 11 is 0. The van der Waals surface area contributed by atoms with Crippen LogP contribution in [0.15, 0.2) is 12.7 Å². The lowest BCUT2D eigenvalue weighted by atomic mass is 9.92. The monoisotopic (exact) mass is 1030 g/mol. The van der Waals surface area contributed by atoms with E-state index in [4.69, 9.17) is 9.47 Å². The lowest BCUT2D eigenvalue weighted by Gasteiger charge is -2.27. The van der Waals surface area contributed by atoms with Crippen LogP contribution in [0, 0.1) is 11.3 Å². The summed E-state index contributed by atoms with van der Waals surface area (Å²) in [5, 5.41) is 19.2. The standard InChI is InChI=1S/C67H128O6/c1-2-3-4-5-6-7-8-9-10-11-12-13-14-15-16-17-18-19-20-21-22-23-24-25-26-27-28-29-30-31-32-33-34-35-36-37-38-39-40-41-42-43-44-45-46-47-48-49-50-51-52-53-54-55-56-57-58-64-59-65(70)72-62-67(60-68,61-69)63-73-66(64)71/h2,64,68-69H,1,3-63H2. The van der Waals surface area contributed by atoms with Crippen molar-refractivity contribution in [1.82, 2.24) is 0 Å². The molecule has 1 fully saturated rings. The molecule has 1 heterocycles. The summed E-state index contributed by atoms with van der Waals surface area (Å²) in [5.41, 5.74) is -1.12. The SMILES string of the molecule is C=CCCCCCCCCCCCCCCCCCCCCCCCCCCCCCCCCCCCCCCCCCCCCCCCCCCCCCCCCC1CC(=O)OCC(CO)(CO)COC1=O. The van der Waals surface area contributed by atoms with Gasteiger partial charge in [0.1, 0.15) is 13.2 Å². The van der Waals surface area contributed by atoms with Gasteiger partial charge in [-0.15, -0.1) is 6.58 Å². The van der Waals surface area contributed by atoms with Crippen LogP contribution >= 0.6 is 0 Å². The number of aliphatic hydroxyl groups excluding tert-OH is 2. The van der Waals surface area contributed by atoms with Crippen molar-refractivity contribution in [1.29, 1.82) is 0 Å². The van der Waals surface area contributed by atoms with Crippen molar-refractivity contribution < 1.29 is 29.3 Å². The van der Waals surface area contributed by atoms with Gasteiger partial charge < -0.3 is 19.7 Å². The Morgan fingerprint density at radius 2 is 0.548 bits per heavy atom. The van der Waals surface area contributed by atoms with Crippen LogP contribution in [-0.4, -0.2) is 48.6 Å². The molecule has 6 heteroatoms. The summed E-state index contributed by atoms with van der Waals surface area (Å²) in [6, 6.07) is 0. The van der Waals surface area contributed by atoms with Crippen LogP contribution in [-0.2, 0) is 19.1 Å². The number of carbonyl (C=O) groups excluding carboxylic acids is 2. The van der Waals surface area contributed by atoms with Crippen molar-refractivity contribution >= 4 is 11.9 Å². The second-order valence-corrected chi connectivity index (χ2v) is 23.9. The number of rotatable bonds is 59. The van der Waals surface area contributed by atoms with E-state index >= 15 is 0 Å². The molecule has 1 atom stereocenters. The molecule has 2 N–H and O–H groups in total. The third-order valence-corrected chi connectivity index (χ3v) is 16.7. The first kappa shape index (κ1) is 69.6. The number of unbranched alkanes of at least 4 members (excludes halogenated alkanes) is 54. The fourth-order valence-electron chi connectivity index (χ4n) is 11.3. The fourth-order valence-corrected chi connectivity index (χ4v) is 11.3. The van der Waals surface area contributed by atoms with Crippen molar-refractivity contribution in [2.75, 3.05) is 26.4 Å². The number of hydrogen-bond donors (Lipinski definition) is 2. The Morgan fingerprint density at radius 3 is 0.767 bits per heavy atom. The lowest BCUT2D eigenvalue weighted by molar-refractivity contribution is -0.155. The molecule has 0 aromatic carbocycles. The normalized spacial score (nSPS) is 15.0. The molecule has 0 aromatic rings. The third kappa shape index (κ3) is 48.7. The second kappa shape index (κ2) is 56.8. The van der Waals surface area contributed by atoms with Crippen molar-refractivity contribution in [3.8, 4) is 0 Å². The molecule has 0 aliphatic carbocycles. The fraction of sp³-hybridized carbons (Fsp3) is 0.940. The molecule has 0 amide bonds. The van der Waals surface area contributed by atoms with Gasteiger partial charge in [0.2, 0.25) is 0 Å². The largest absolute Gasteiger partial charge is 0.465 e. The van der Waals surface area contributed by atoms with E-state index in [1.807, 2.05) is 0 Å². The Bertz CT molecular complexity index is 1130. The van der Waals surface area contributed by atoms with E-state index in [-0.39, 0.29) is 19.6 Å². The van der Waals surface area contributed by atoms with Gasteiger partial charge in [-0.05, 0) is 19.3 Å². The zero-order valence-electron chi connectivity index (χ0n) is 49.0. The summed E-state index contributed by atoms with van der Waals surface area (Å²) in [6.45, 7) is 2.72. The second-order valence-electron chi connectivity index (χ2n) is 23.9. The smallest absolute Gasteiger partial charge is 0.309 e. The van der Waals surface area contributed by atoms with Gasteiger partial charge in [0.15, 0.2) is 0 Å². The van der Waals surface area contributed by atoms with Crippen LogP contribution in [0.5, 0.6) is 0 Å². The molecule has 6 nitrogen and oxygen atoms in total. The summed E-state index contributed by atoms with van der Waals surface area (Å²) < 4.78 is 10.6. The molecule has 1 unspecified atom stereocenters. The highest BCUT2D eigenvalue weighted by Gasteiger charge is 2.36. The Labute approximate surface area is 455 Å². The molecule has 73 heavy (non-hydrogen) atoms. The summed E-state index contributed by atoms with van der Waals surface area (Å²) in [6.07, 6.45) is 80.6. The van der Waals surface area contributed by atoms with Gasteiger partial charge in [-0.3, -0.25) is 9.59 Å². The van der Waals surface area contributed by atoms with Gasteiger partial charge in [0, 0.05) is 0 Å². The van der Waals surface area contributed by atoms with Crippen LogP contribution in [0.4, 0.5) is 0 Å². The summed E-state index contributed by atoms with van der Waals surface area (Å²) in [4.78, 5) is 24.7. The van der Waals surface area contributed by atoms with Gasteiger partial charge in [-0.25, -0.2) is 0 Å². The molecular formula is C67H128O6. The molecule has 0 aromatic heterocycles. The molecule has 0 saturated carbocycles. The summed E-state index contributed by atoms with van der Waals surface area (Å²) in [5.74, 6) is -1.40. The summed E-state index contributed by atoms with van der Waals surface area (Å²) in [7, 11) is 0. The van der Waals surface area contributed by atoms with E-state index in [0.717, 1.165) is 19.3 Å². The predicted molar refractivity (Wildman–Crippen MR) is 315 cm³/mol. The minimum absolute atomic E-state index is 0.00516. The van der Waals surface area contributed by atoms with Crippen LogP contribution in [0.25, 0.3) is 0 Å². The van der Waals surface area contributed by atoms with E-state index < -0.39 is 36.5 Å². The number of cyclic esters (lactones) is 2. The first-order valence-electron chi connectivity index (χ1n) is 33.2. The number of ether oxygens (including phenoxy) is 2. The molecular weight excluding hydrogens is 901 g/mol. The van der Waals surface area contributed by atoms with Gasteiger partial charge in [0.25, 0.3) is 0 Å². The first-order valence-corrected chi connectivity index (χ1v) is 33.2. The van der Waals surface area contributed by atoms with Crippen molar-refractivity contribution in [2.24, 2.45) is 11.3 Å². The van der Waals surface area contributed by atoms with Crippen LogP contribution in [0.3, 0.4) is 0 Å². The minimum atomic E-state index is -1.12. The van der Waals surface area contributed by atoms with Crippen molar-refractivity contribution in [3.05, 3.63) is 12.7 Å². The topological polar surface area (TPSA) is 93.1 Å². The van der Waals surface area contributed by atoms with E-state index in [1.54, 1.807) is 0 Å². The molecule has 1 saturated heterocycles. The van der Waals surface area contributed by atoms with E-state index in [2.05, 4.69) is 12.7 Å². The van der Waals surface area contributed by atoms with Crippen molar-refractivity contribution in [3.63, 3.8) is 0 Å². The lowest BCUT2D eigenvalue weighted by Crippen LogP contribution is -2.40. The van der Waals surface area contributed by atoms with Gasteiger partial charge in [0.05, 0.1) is 31.0 Å². The van der Waals surface area contributed by atoms with E-state index in [0.29, 0.717) is 6.42 Å². The Kier molecular flexibility index (Phi) is 54.2. The van der Waals surface area contributed by atoms with Gasteiger partial charge in [-0.1, -0.05) is 346 Å². The third-order valence-electron chi connectivity index (χ3n) is 16.7. The Morgan fingerprint density at radius 1 is 0.342 bits per heavy atom. The Balaban J connectivity index is 1.66. The number of aliphatic hydroxyl groups is 2. The zero-order valence-corrected chi connectivity index (χ0v) is 49.0. The molecule has 1 aliphatic rings. The van der Waals surface area contributed by atoms with Gasteiger partial charge >= 0.3 is 11.9 Å². The maximum atomic E-state index is 12.6. The van der Waals surface area contributed by atoms with Crippen LogP contribution in [0.2, 0.25) is 0 Å². The van der Waals surface area contributed by atoms with E-state index in [9.17, 15) is 19.8 Å². The number of esters is 2. The van der Waals surface area contributed by atoms with Crippen LogP contribution < -0.4 is 0 Å². The first-order chi connectivity index (χ1) is 36.1. The Hall–Kier alpha value is -1.40. The van der Waals surface area contributed by atoms with Crippen molar-refractivity contribution in [2.45, 2.75) is 366 Å². The number of hydrogen-bond acceptors (Lipinski definition) is 6. The highest BCUT2D eigenvalue weighted by Crippen LogP contribution is 2.25. The number of allylic oxidation sites excluding steroid dienone is 1. The molecule has 0 bridgehead atoms. The molecule has 432 valence electrons.